The molecule has 0 radical (unpaired) electrons. The molecule has 2 aromatic heterocycles. The largest absolute Gasteiger partial charge is 0.365 e. The van der Waals surface area contributed by atoms with Gasteiger partial charge in [0.15, 0.2) is 0 Å². The van der Waals surface area contributed by atoms with Crippen LogP contribution in [0.4, 0.5) is 5.88 Å². The first-order valence-corrected chi connectivity index (χ1v) is 7.65. The lowest BCUT2D eigenvalue weighted by molar-refractivity contribution is -0.120. The van der Waals surface area contributed by atoms with Crippen LogP contribution in [0.25, 0.3) is 11.3 Å². The Labute approximate surface area is 126 Å². The van der Waals surface area contributed by atoms with Crippen molar-refractivity contribution in [3.63, 3.8) is 0 Å². The number of rotatable bonds is 6. The van der Waals surface area contributed by atoms with Crippen LogP contribution in [-0.2, 0) is 4.79 Å². The molecule has 0 aromatic carbocycles. The van der Waals surface area contributed by atoms with E-state index in [1.165, 1.54) is 11.3 Å². The van der Waals surface area contributed by atoms with Gasteiger partial charge in [-0.1, -0.05) is 19.0 Å². The normalized spacial score (nSPS) is 10.8. The van der Waals surface area contributed by atoms with Crippen molar-refractivity contribution in [2.75, 3.05) is 5.32 Å². The number of nitrogens with one attached hydrogen (secondary N) is 1. The number of nitrogens with two attached hydrogens (primary N) is 1. The molecule has 0 bridgehead atoms. The zero-order valence-corrected chi connectivity index (χ0v) is 12.7. The minimum atomic E-state index is -0.683. The van der Waals surface area contributed by atoms with Gasteiger partial charge in [0.05, 0.1) is 0 Å². The van der Waals surface area contributed by atoms with E-state index < -0.39 is 5.91 Å². The van der Waals surface area contributed by atoms with Crippen LogP contribution in [0, 0.1) is 5.92 Å². The standard InChI is InChI=1S/C14H17N3O3S/c1-3-8(4-2)13(19)16-14-10(12(15)18)11(17-20-14)9-5-6-21-7-9/h5-8H,3-4H2,1-2H3,(H2,15,18)(H,16,19). The molecule has 112 valence electrons. The van der Waals surface area contributed by atoms with Gasteiger partial charge < -0.3 is 10.3 Å². The van der Waals surface area contributed by atoms with Crippen molar-refractivity contribution in [1.82, 2.24) is 5.16 Å². The second-order valence-corrected chi connectivity index (χ2v) is 5.39. The number of hydrogen-bond donors (Lipinski definition) is 2. The molecular weight excluding hydrogens is 290 g/mol. The van der Waals surface area contributed by atoms with Gasteiger partial charge in [-0.15, -0.1) is 0 Å². The molecule has 3 N–H and O–H groups in total. The number of carbonyl (C=O) groups is 2. The van der Waals surface area contributed by atoms with Crippen LogP contribution in [0.5, 0.6) is 0 Å². The van der Waals surface area contributed by atoms with Crippen LogP contribution in [-0.4, -0.2) is 17.0 Å². The Kier molecular flexibility index (Phi) is 4.74. The molecule has 0 aliphatic carbocycles. The second-order valence-electron chi connectivity index (χ2n) is 4.61. The lowest BCUT2D eigenvalue weighted by atomic mass is 10.0. The Morgan fingerprint density at radius 3 is 2.67 bits per heavy atom. The van der Waals surface area contributed by atoms with E-state index in [0.29, 0.717) is 18.5 Å². The van der Waals surface area contributed by atoms with Crippen molar-refractivity contribution in [3.8, 4) is 11.3 Å². The van der Waals surface area contributed by atoms with Gasteiger partial charge in [0.25, 0.3) is 5.91 Å². The molecule has 21 heavy (non-hydrogen) atoms. The third-order valence-corrected chi connectivity index (χ3v) is 4.01. The molecule has 0 aliphatic rings. The molecule has 0 aliphatic heterocycles. The number of amides is 2. The van der Waals surface area contributed by atoms with Gasteiger partial charge in [-0.05, 0) is 24.3 Å². The fraction of sp³-hybridized carbons (Fsp3) is 0.357. The highest BCUT2D eigenvalue weighted by Crippen LogP contribution is 2.30. The van der Waals surface area contributed by atoms with E-state index in [2.05, 4.69) is 10.5 Å². The van der Waals surface area contributed by atoms with E-state index in [1.807, 2.05) is 24.6 Å². The summed E-state index contributed by atoms with van der Waals surface area (Å²) in [7, 11) is 0. The maximum absolute atomic E-state index is 12.1. The van der Waals surface area contributed by atoms with Crippen LogP contribution in [0.2, 0.25) is 0 Å². The van der Waals surface area contributed by atoms with Gasteiger partial charge in [-0.2, -0.15) is 11.3 Å². The highest BCUT2D eigenvalue weighted by atomic mass is 32.1. The van der Waals surface area contributed by atoms with E-state index in [0.717, 1.165) is 5.56 Å². The molecule has 0 saturated heterocycles. The van der Waals surface area contributed by atoms with Crippen LogP contribution in [0.15, 0.2) is 21.3 Å². The monoisotopic (exact) mass is 307 g/mol. The van der Waals surface area contributed by atoms with Gasteiger partial charge in [-0.25, -0.2) is 0 Å². The SMILES string of the molecule is CCC(CC)C(=O)Nc1onc(-c2ccsc2)c1C(N)=O. The van der Waals surface area contributed by atoms with Gasteiger partial charge in [0.1, 0.15) is 11.3 Å². The molecule has 2 heterocycles. The van der Waals surface area contributed by atoms with Crippen molar-refractivity contribution in [2.45, 2.75) is 26.7 Å². The number of hydrogen-bond acceptors (Lipinski definition) is 5. The van der Waals surface area contributed by atoms with E-state index >= 15 is 0 Å². The van der Waals surface area contributed by atoms with Crippen molar-refractivity contribution in [3.05, 3.63) is 22.4 Å². The average Bonchev–Trinajstić information content (AvgIpc) is 3.08. The van der Waals surface area contributed by atoms with Crippen molar-refractivity contribution < 1.29 is 14.1 Å². The quantitative estimate of drug-likeness (QED) is 0.857. The van der Waals surface area contributed by atoms with E-state index in [-0.39, 0.29) is 23.3 Å². The fourth-order valence-corrected chi connectivity index (χ4v) is 2.71. The predicted octanol–water partition coefficient (Wildman–Crippen LogP) is 2.88. The number of carbonyl (C=O) groups excluding carboxylic acids is 2. The summed E-state index contributed by atoms with van der Waals surface area (Å²) in [5, 5.41) is 10.2. The highest BCUT2D eigenvalue weighted by molar-refractivity contribution is 7.08. The Morgan fingerprint density at radius 2 is 2.14 bits per heavy atom. The highest BCUT2D eigenvalue weighted by Gasteiger charge is 2.25. The molecule has 0 fully saturated rings. The summed E-state index contributed by atoms with van der Waals surface area (Å²) in [6.45, 7) is 3.86. The van der Waals surface area contributed by atoms with Crippen LogP contribution in [0.1, 0.15) is 37.0 Å². The number of thiophene rings is 1. The summed E-state index contributed by atoms with van der Waals surface area (Å²) < 4.78 is 5.11. The molecule has 6 nitrogen and oxygen atoms in total. The number of anilines is 1. The van der Waals surface area contributed by atoms with Crippen molar-refractivity contribution >= 4 is 29.0 Å². The third-order valence-electron chi connectivity index (χ3n) is 3.33. The average molecular weight is 307 g/mol. The smallest absolute Gasteiger partial charge is 0.256 e. The molecule has 2 aromatic rings. The van der Waals surface area contributed by atoms with Gasteiger partial charge in [0, 0.05) is 16.9 Å². The van der Waals surface area contributed by atoms with Crippen molar-refractivity contribution in [1.29, 1.82) is 0 Å². The summed E-state index contributed by atoms with van der Waals surface area (Å²) in [5.41, 5.74) is 6.59. The predicted molar refractivity (Wildman–Crippen MR) is 81.0 cm³/mol. The summed E-state index contributed by atoms with van der Waals surface area (Å²) >= 11 is 1.47. The Bertz CT molecular complexity index is 630. The fourth-order valence-electron chi connectivity index (χ4n) is 2.07. The Hall–Kier alpha value is -2.15. The van der Waals surface area contributed by atoms with Gasteiger partial charge in [-0.3, -0.25) is 14.9 Å². The molecule has 2 rings (SSSR count). The maximum atomic E-state index is 12.1. The zero-order chi connectivity index (χ0) is 15.4. The first-order valence-electron chi connectivity index (χ1n) is 6.71. The lowest BCUT2D eigenvalue weighted by Gasteiger charge is -2.11. The molecule has 0 saturated carbocycles. The van der Waals surface area contributed by atoms with Gasteiger partial charge >= 0.3 is 0 Å². The van der Waals surface area contributed by atoms with E-state index in [4.69, 9.17) is 10.3 Å². The zero-order valence-electron chi connectivity index (χ0n) is 11.9. The second kappa shape index (κ2) is 6.53. The molecule has 2 amide bonds. The van der Waals surface area contributed by atoms with Gasteiger partial charge in [0.2, 0.25) is 11.8 Å². The minimum absolute atomic E-state index is 0.0144. The summed E-state index contributed by atoms with van der Waals surface area (Å²) in [6, 6.07) is 1.81. The number of nitrogens with zero attached hydrogens (tertiary/aromatic N) is 1. The van der Waals surface area contributed by atoms with Crippen LogP contribution < -0.4 is 11.1 Å². The number of primary amides is 1. The Balaban J connectivity index is 2.33. The van der Waals surface area contributed by atoms with E-state index in [1.54, 1.807) is 6.07 Å². The summed E-state index contributed by atoms with van der Waals surface area (Å²) in [6.07, 6.45) is 1.42. The molecule has 0 unspecified atom stereocenters. The maximum Gasteiger partial charge on any atom is 0.256 e. The number of aromatic nitrogens is 1. The molecule has 0 atom stereocenters. The minimum Gasteiger partial charge on any atom is -0.365 e. The topological polar surface area (TPSA) is 98.2 Å². The molecule has 7 heteroatoms. The van der Waals surface area contributed by atoms with Crippen molar-refractivity contribution in [2.24, 2.45) is 11.7 Å². The summed E-state index contributed by atoms with van der Waals surface area (Å²) in [4.78, 5) is 23.8. The molecular formula is C14H17N3O3S. The first-order chi connectivity index (χ1) is 10.1. The summed E-state index contributed by atoms with van der Waals surface area (Å²) in [5.74, 6) is -1.01. The lowest BCUT2D eigenvalue weighted by Crippen LogP contribution is -2.23. The molecule has 0 spiro atoms. The first kappa shape index (κ1) is 15.2. The van der Waals surface area contributed by atoms with Crippen LogP contribution >= 0.6 is 11.3 Å². The van der Waals surface area contributed by atoms with E-state index in [9.17, 15) is 9.59 Å². The van der Waals surface area contributed by atoms with Crippen LogP contribution in [0.3, 0.4) is 0 Å². The Morgan fingerprint density at radius 1 is 1.43 bits per heavy atom. The third kappa shape index (κ3) is 3.13.